The Labute approximate surface area is 155 Å². The first-order valence-electron chi connectivity index (χ1n) is 8.91. The predicted molar refractivity (Wildman–Crippen MR) is 111 cm³/mol. The third-order valence-corrected chi connectivity index (χ3v) is 13.4. The lowest BCUT2D eigenvalue weighted by Gasteiger charge is -2.44. The molecule has 0 N–H and O–H groups in total. The smallest absolute Gasteiger partial charge is 0.253 e. The first-order chi connectivity index (χ1) is 11.3. The molecular weight excluding hydrogens is 346 g/mol. The fraction of sp³-hybridized carbons (Fsp3) is 0.632. The van der Waals surface area contributed by atoms with Crippen LogP contribution in [-0.2, 0) is 0 Å². The molecule has 4 nitrogen and oxygen atoms in total. The summed E-state index contributed by atoms with van der Waals surface area (Å²) in [7, 11) is 0.514. The Kier molecular flexibility index (Phi) is 6.92. The molecule has 0 bridgehead atoms. The Hall–Kier alpha value is -1.28. The highest BCUT2D eigenvalue weighted by Crippen LogP contribution is 2.31. The van der Waals surface area contributed by atoms with Gasteiger partial charge in [0.05, 0.1) is 29.4 Å². The molecule has 1 aromatic rings. The molecule has 0 heterocycles. The number of nitrogens with zero attached hydrogens (tertiary/aromatic N) is 1. The van der Waals surface area contributed by atoms with E-state index in [9.17, 15) is 4.79 Å². The number of rotatable bonds is 7. The zero-order valence-corrected chi connectivity index (χ0v) is 19.6. The van der Waals surface area contributed by atoms with Crippen molar-refractivity contribution < 1.29 is 14.3 Å². The molecule has 0 unspecified atom stereocenters. The van der Waals surface area contributed by atoms with Crippen LogP contribution in [-0.4, -0.2) is 52.5 Å². The number of ether oxygens (including phenoxy) is 2. The van der Waals surface area contributed by atoms with Gasteiger partial charge in [0, 0.05) is 17.9 Å². The molecule has 0 saturated carbocycles. The monoisotopic (exact) mass is 381 g/mol. The second-order valence-electron chi connectivity index (χ2n) is 9.08. The van der Waals surface area contributed by atoms with E-state index >= 15 is 0 Å². The fourth-order valence-corrected chi connectivity index (χ4v) is 16.9. The topological polar surface area (TPSA) is 38.8 Å². The molecule has 25 heavy (non-hydrogen) atoms. The van der Waals surface area contributed by atoms with Crippen LogP contribution in [0.1, 0.15) is 24.2 Å². The average molecular weight is 382 g/mol. The van der Waals surface area contributed by atoms with Crippen molar-refractivity contribution in [3.8, 4) is 11.5 Å². The van der Waals surface area contributed by atoms with Crippen molar-refractivity contribution in [1.82, 2.24) is 4.90 Å². The molecule has 0 saturated heterocycles. The van der Waals surface area contributed by atoms with Crippen LogP contribution in [0.15, 0.2) is 18.2 Å². The number of benzene rings is 1. The van der Waals surface area contributed by atoms with Gasteiger partial charge in [0.2, 0.25) is 0 Å². The second kappa shape index (κ2) is 7.95. The van der Waals surface area contributed by atoms with E-state index in [0.717, 1.165) is 0 Å². The number of amides is 1. The van der Waals surface area contributed by atoms with E-state index in [1.807, 2.05) is 44.0 Å². The summed E-state index contributed by atoms with van der Waals surface area (Å²) >= 11 is 0. The zero-order valence-electron chi connectivity index (χ0n) is 17.6. The molecule has 1 aromatic carbocycles. The summed E-state index contributed by atoms with van der Waals surface area (Å²) in [5.74, 6) is 1.33. The van der Waals surface area contributed by atoms with E-state index in [1.54, 1.807) is 7.11 Å². The predicted octanol–water partition coefficient (Wildman–Crippen LogP) is 4.68. The van der Waals surface area contributed by atoms with Crippen LogP contribution in [0.4, 0.5) is 0 Å². The SMILES string of the molecule is COc1ccc(C(=O)N(C)C([Si](C)(C)C)[Si](C)(C)C)cc1OC(C)C. The standard InChI is InChI=1S/C19H35NO3Si2/c1-14(2)23-17-13-15(11-12-16(17)22-4)18(21)20(3)19(24(5,6)7)25(8,9)10/h11-14,19H,1-10H3. The lowest BCUT2D eigenvalue weighted by Crippen LogP contribution is -2.63. The van der Waals surface area contributed by atoms with Crippen molar-refractivity contribution in [2.24, 2.45) is 0 Å². The summed E-state index contributed by atoms with van der Waals surface area (Å²) < 4.78 is 11.2. The van der Waals surface area contributed by atoms with E-state index in [-0.39, 0.29) is 12.0 Å². The van der Waals surface area contributed by atoms with Crippen LogP contribution in [0.3, 0.4) is 0 Å². The average Bonchev–Trinajstić information content (AvgIpc) is 2.42. The summed E-state index contributed by atoms with van der Waals surface area (Å²) in [6, 6.07) is 5.45. The van der Waals surface area contributed by atoms with Crippen molar-refractivity contribution in [1.29, 1.82) is 0 Å². The molecule has 0 aromatic heterocycles. The molecule has 0 radical (unpaired) electrons. The van der Waals surface area contributed by atoms with Crippen LogP contribution < -0.4 is 9.47 Å². The highest BCUT2D eigenvalue weighted by atomic mass is 28.4. The van der Waals surface area contributed by atoms with Gasteiger partial charge >= 0.3 is 0 Å². The van der Waals surface area contributed by atoms with Crippen molar-refractivity contribution in [3.63, 3.8) is 0 Å². The Balaban J connectivity index is 3.25. The van der Waals surface area contributed by atoms with E-state index in [0.29, 0.717) is 22.4 Å². The van der Waals surface area contributed by atoms with E-state index < -0.39 is 16.1 Å². The molecule has 0 spiro atoms. The van der Waals surface area contributed by atoms with E-state index in [4.69, 9.17) is 9.47 Å². The molecule has 142 valence electrons. The van der Waals surface area contributed by atoms with E-state index in [2.05, 4.69) is 39.3 Å². The van der Waals surface area contributed by atoms with Gasteiger partial charge in [0.1, 0.15) is 0 Å². The molecule has 0 aliphatic rings. The first kappa shape index (κ1) is 21.8. The highest BCUT2D eigenvalue weighted by Gasteiger charge is 2.42. The third-order valence-electron chi connectivity index (χ3n) is 4.12. The molecule has 0 aliphatic carbocycles. The summed E-state index contributed by atoms with van der Waals surface area (Å²) in [6.07, 6.45) is 0.0219. The maximum atomic E-state index is 13.2. The van der Waals surface area contributed by atoms with Gasteiger partial charge in [-0.05, 0) is 32.0 Å². The number of methoxy groups -OCH3 is 1. The summed E-state index contributed by atoms with van der Waals surface area (Å²) in [4.78, 5) is 15.2. The van der Waals surface area contributed by atoms with Crippen LogP contribution in [0, 0.1) is 0 Å². The Morgan fingerprint density at radius 1 is 1.00 bits per heavy atom. The van der Waals surface area contributed by atoms with Gasteiger partial charge in [-0.25, -0.2) is 0 Å². The second-order valence-corrected chi connectivity index (χ2v) is 20.2. The highest BCUT2D eigenvalue weighted by molar-refractivity contribution is 6.96. The molecular formula is C19H35NO3Si2. The Morgan fingerprint density at radius 3 is 1.92 bits per heavy atom. The molecule has 0 atom stereocenters. The van der Waals surface area contributed by atoms with Gasteiger partial charge in [-0.15, -0.1) is 0 Å². The Morgan fingerprint density at radius 2 is 1.52 bits per heavy atom. The van der Waals surface area contributed by atoms with Gasteiger partial charge in [0.15, 0.2) is 11.5 Å². The minimum absolute atomic E-state index is 0.0219. The van der Waals surface area contributed by atoms with Crippen LogP contribution in [0.2, 0.25) is 39.3 Å². The van der Waals surface area contributed by atoms with Crippen LogP contribution >= 0.6 is 0 Å². The van der Waals surface area contributed by atoms with Gasteiger partial charge in [0.25, 0.3) is 5.91 Å². The number of carbonyl (C=O) groups excluding carboxylic acids is 1. The van der Waals surface area contributed by atoms with Crippen LogP contribution in [0.5, 0.6) is 11.5 Å². The summed E-state index contributed by atoms with van der Waals surface area (Å²) in [5.41, 5.74) is 0.653. The van der Waals surface area contributed by atoms with E-state index in [1.165, 1.54) is 0 Å². The number of carbonyl (C=O) groups is 1. The molecule has 0 fully saturated rings. The largest absolute Gasteiger partial charge is 0.493 e. The van der Waals surface area contributed by atoms with Gasteiger partial charge < -0.3 is 14.4 Å². The maximum Gasteiger partial charge on any atom is 0.253 e. The van der Waals surface area contributed by atoms with Crippen molar-refractivity contribution in [2.75, 3.05) is 14.2 Å². The lowest BCUT2D eigenvalue weighted by atomic mass is 10.2. The molecule has 1 amide bonds. The third kappa shape index (κ3) is 5.61. The van der Waals surface area contributed by atoms with Crippen molar-refractivity contribution >= 4 is 22.1 Å². The van der Waals surface area contributed by atoms with Gasteiger partial charge in [-0.1, -0.05) is 39.3 Å². The maximum absolute atomic E-state index is 13.2. The number of hydrogen-bond acceptors (Lipinski definition) is 3. The van der Waals surface area contributed by atoms with Gasteiger partial charge in [-0.2, -0.15) is 0 Å². The van der Waals surface area contributed by atoms with Gasteiger partial charge in [-0.3, -0.25) is 4.79 Å². The molecule has 1 rings (SSSR count). The first-order valence-corrected chi connectivity index (χ1v) is 16.1. The minimum Gasteiger partial charge on any atom is -0.493 e. The quantitative estimate of drug-likeness (QED) is 0.644. The van der Waals surface area contributed by atoms with Crippen molar-refractivity contribution in [3.05, 3.63) is 23.8 Å². The summed E-state index contributed by atoms with van der Waals surface area (Å²) in [6.45, 7) is 18.0. The molecule has 6 heteroatoms. The summed E-state index contributed by atoms with van der Waals surface area (Å²) in [5, 5.41) is 0.365. The molecule has 0 aliphatic heterocycles. The number of hydrogen-bond donors (Lipinski definition) is 0. The van der Waals surface area contributed by atoms with Crippen LogP contribution in [0.25, 0.3) is 0 Å². The lowest BCUT2D eigenvalue weighted by molar-refractivity contribution is 0.0796. The fourth-order valence-electron chi connectivity index (χ4n) is 3.94. The zero-order chi connectivity index (χ0) is 19.6. The Bertz CT molecular complexity index is 590. The van der Waals surface area contributed by atoms with Crippen molar-refractivity contribution in [2.45, 2.75) is 64.5 Å². The normalized spacial score (nSPS) is 12.5. The minimum atomic E-state index is -1.53.